The normalized spacial score (nSPS) is 12.8. The minimum atomic E-state index is 0.0478. The Morgan fingerprint density at radius 1 is 0.840 bits per heavy atom. The van der Waals surface area contributed by atoms with Crippen LogP contribution in [-0.4, -0.2) is 10.8 Å². The molecule has 1 atom stereocenters. The molecule has 0 unspecified atom stereocenters. The van der Waals surface area contributed by atoms with Gasteiger partial charge in [-0.2, -0.15) is 0 Å². The van der Waals surface area contributed by atoms with Gasteiger partial charge in [-0.3, -0.25) is 4.99 Å². The van der Waals surface area contributed by atoms with Crippen LogP contribution in [0.4, 0.5) is 0 Å². The lowest BCUT2D eigenvalue weighted by atomic mass is 10.00. The first-order valence-electron chi connectivity index (χ1n) is 8.68. The Morgan fingerprint density at radius 2 is 1.44 bits per heavy atom. The molecular weight excluding hydrogens is 306 g/mol. The van der Waals surface area contributed by atoms with Gasteiger partial charge in [0.15, 0.2) is 0 Å². The Kier molecular flexibility index (Phi) is 5.63. The van der Waals surface area contributed by atoms with E-state index in [4.69, 9.17) is 4.99 Å². The number of benzene rings is 3. The van der Waals surface area contributed by atoms with Crippen LogP contribution in [0.2, 0.25) is 0 Å². The van der Waals surface area contributed by atoms with E-state index in [1.807, 2.05) is 42.5 Å². The summed E-state index contributed by atoms with van der Waals surface area (Å²) in [6, 6.07) is 28.2. The van der Waals surface area contributed by atoms with Crippen LogP contribution in [0.15, 0.2) is 89.9 Å². The summed E-state index contributed by atoms with van der Waals surface area (Å²) >= 11 is 0. The van der Waals surface area contributed by atoms with Crippen molar-refractivity contribution in [3.8, 4) is 5.75 Å². The fraction of sp³-hybridized carbons (Fsp3) is 0.174. The van der Waals surface area contributed by atoms with Gasteiger partial charge < -0.3 is 5.11 Å². The van der Waals surface area contributed by atoms with E-state index in [2.05, 4.69) is 43.3 Å². The SMILES string of the molecule is C[C@@H](N=C(CCc1ccccc1)c1ccccc1O)c1ccccc1. The summed E-state index contributed by atoms with van der Waals surface area (Å²) in [7, 11) is 0. The Balaban J connectivity index is 1.89. The molecule has 0 fully saturated rings. The molecule has 0 bridgehead atoms. The summed E-state index contributed by atoms with van der Waals surface area (Å²) < 4.78 is 0. The van der Waals surface area contributed by atoms with E-state index in [0.717, 1.165) is 24.1 Å². The maximum absolute atomic E-state index is 10.3. The van der Waals surface area contributed by atoms with Gasteiger partial charge >= 0.3 is 0 Å². The van der Waals surface area contributed by atoms with Gasteiger partial charge in [0.1, 0.15) is 5.75 Å². The number of aromatic hydroxyl groups is 1. The van der Waals surface area contributed by atoms with E-state index in [9.17, 15) is 5.11 Å². The number of phenolic OH excluding ortho intramolecular Hbond substituents is 1. The Bertz CT molecular complexity index is 825. The molecule has 0 aromatic heterocycles. The summed E-state index contributed by atoms with van der Waals surface area (Å²) in [5.74, 6) is 0.287. The first-order chi connectivity index (χ1) is 12.2. The molecule has 0 amide bonds. The number of phenols is 1. The molecule has 2 nitrogen and oxygen atoms in total. The van der Waals surface area contributed by atoms with Crippen molar-refractivity contribution in [2.75, 3.05) is 0 Å². The van der Waals surface area contributed by atoms with Gasteiger partial charge in [-0.1, -0.05) is 72.8 Å². The Hall–Kier alpha value is -2.87. The largest absolute Gasteiger partial charge is 0.507 e. The van der Waals surface area contributed by atoms with Gasteiger partial charge in [-0.15, -0.1) is 0 Å². The van der Waals surface area contributed by atoms with Crippen LogP contribution >= 0.6 is 0 Å². The standard InChI is InChI=1S/C23H23NO/c1-18(20-12-6-3-7-13-20)24-22(21-14-8-9-15-23(21)25)17-16-19-10-4-2-5-11-19/h2-15,18,25H,16-17H2,1H3/t18-/m1/s1. The third-order valence-electron chi connectivity index (χ3n) is 4.34. The van der Waals surface area contributed by atoms with Crippen LogP contribution in [-0.2, 0) is 6.42 Å². The highest BCUT2D eigenvalue weighted by molar-refractivity contribution is 6.03. The van der Waals surface area contributed by atoms with Gasteiger partial charge in [-0.25, -0.2) is 0 Å². The number of hydrogen-bond acceptors (Lipinski definition) is 2. The van der Waals surface area contributed by atoms with Crippen molar-refractivity contribution >= 4 is 5.71 Å². The molecule has 0 radical (unpaired) electrons. The molecule has 0 aliphatic rings. The molecule has 126 valence electrons. The van der Waals surface area contributed by atoms with Crippen LogP contribution in [0.3, 0.4) is 0 Å². The number of nitrogens with zero attached hydrogens (tertiary/aromatic N) is 1. The van der Waals surface area contributed by atoms with Crippen LogP contribution in [0.1, 0.15) is 36.1 Å². The van der Waals surface area contributed by atoms with E-state index < -0.39 is 0 Å². The first-order valence-corrected chi connectivity index (χ1v) is 8.68. The maximum Gasteiger partial charge on any atom is 0.124 e. The number of aryl methyl sites for hydroxylation is 1. The first kappa shape index (κ1) is 17.0. The summed E-state index contributed by atoms with van der Waals surface area (Å²) in [6.07, 6.45) is 1.69. The summed E-state index contributed by atoms with van der Waals surface area (Å²) in [4.78, 5) is 4.95. The Morgan fingerprint density at radius 3 is 2.12 bits per heavy atom. The number of hydrogen-bond donors (Lipinski definition) is 1. The minimum Gasteiger partial charge on any atom is -0.507 e. The zero-order chi connectivity index (χ0) is 17.5. The van der Waals surface area contributed by atoms with Crippen molar-refractivity contribution in [1.29, 1.82) is 0 Å². The number of rotatable bonds is 6. The molecule has 0 spiro atoms. The lowest BCUT2D eigenvalue weighted by Crippen LogP contribution is -2.06. The van der Waals surface area contributed by atoms with Gasteiger partial charge in [0.05, 0.1) is 6.04 Å². The van der Waals surface area contributed by atoms with Crippen molar-refractivity contribution in [2.45, 2.75) is 25.8 Å². The molecule has 3 aromatic carbocycles. The molecule has 3 rings (SSSR count). The van der Waals surface area contributed by atoms with Crippen molar-refractivity contribution in [3.05, 3.63) is 102 Å². The highest BCUT2D eigenvalue weighted by Gasteiger charge is 2.12. The van der Waals surface area contributed by atoms with Crippen molar-refractivity contribution < 1.29 is 5.11 Å². The van der Waals surface area contributed by atoms with Gasteiger partial charge in [0, 0.05) is 11.3 Å². The minimum absolute atomic E-state index is 0.0478. The van der Waals surface area contributed by atoms with Gasteiger partial charge in [0.25, 0.3) is 0 Å². The molecule has 25 heavy (non-hydrogen) atoms. The van der Waals surface area contributed by atoms with Gasteiger partial charge in [0.2, 0.25) is 0 Å². The zero-order valence-corrected chi connectivity index (χ0v) is 14.5. The topological polar surface area (TPSA) is 32.6 Å². The lowest BCUT2D eigenvalue weighted by Gasteiger charge is -2.13. The predicted molar refractivity (Wildman–Crippen MR) is 104 cm³/mol. The van der Waals surface area contributed by atoms with Crippen LogP contribution in [0.5, 0.6) is 5.75 Å². The Labute approximate surface area is 149 Å². The number of para-hydroxylation sites is 1. The zero-order valence-electron chi connectivity index (χ0n) is 14.5. The fourth-order valence-corrected chi connectivity index (χ4v) is 2.93. The summed E-state index contributed by atoms with van der Waals surface area (Å²) in [5, 5.41) is 10.3. The molecule has 0 heterocycles. The number of aliphatic imine (C=N–C) groups is 1. The van der Waals surface area contributed by atoms with Crippen LogP contribution < -0.4 is 0 Å². The second-order valence-corrected chi connectivity index (χ2v) is 6.17. The van der Waals surface area contributed by atoms with E-state index in [1.54, 1.807) is 6.07 Å². The second-order valence-electron chi connectivity index (χ2n) is 6.17. The molecule has 0 saturated carbocycles. The average molecular weight is 329 g/mol. The fourth-order valence-electron chi connectivity index (χ4n) is 2.93. The third kappa shape index (κ3) is 4.57. The lowest BCUT2D eigenvalue weighted by molar-refractivity contribution is 0.474. The van der Waals surface area contributed by atoms with E-state index in [0.29, 0.717) is 0 Å². The quantitative estimate of drug-likeness (QED) is 0.589. The molecule has 0 aliphatic heterocycles. The predicted octanol–water partition coefficient (Wildman–Crippen LogP) is 5.58. The molecule has 2 heteroatoms. The molecule has 0 saturated heterocycles. The monoisotopic (exact) mass is 329 g/mol. The highest BCUT2D eigenvalue weighted by Crippen LogP contribution is 2.24. The molecule has 1 N–H and O–H groups in total. The summed E-state index contributed by atoms with van der Waals surface area (Å²) in [6.45, 7) is 2.10. The van der Waals surface area contributed by atoms with E-state index >= 15 is 0 Å². The smallest absolute Gasteiger partial charge is 0.124 e. The highest BCUT2D eigenvalue weighted by atomic mass is 16.3. The van der Waals surface area contributed by atoms with Crippen molar-refractivity contribution in [2.24, 2.45) is 4.99 Å². The maximum atomic E-state index is 10.3. The van der Waals surface area contributed by atoms with Crippen molar-refractivity contribution in [3.63, 3.8) is 0 Å². The van der Waals surface area contributed by atoms with Crippen molar-refractivity contribution in [1.82, 2.24) is 0 Å². The third-order valence-corrected chi connectivity index (χ3v) is 4.34. The van der Waals surface area contributed by atoms with E-state index in [-0.39, 0.29) is 11.8 Å². The molecular formula is C23H23NO. The van der Waals surface area contributed by atoms with Crippen LogP contribution in [0.25, 0.3) is 0 Å². The molecule has 0 aliphatic carbocycles. The summed E-state index contributed by atoms with van der Waals surface area (Å²) in [5.41, 5.74) is 4.22. The average Bonchev–Trinajstić information content (AvgIpc) is 2.67. The van der Waals surface area contributed by atoms with Gasteiger partial charge in [-0.05, 0) is 43.0 Å². The second kappa shape index (κ2) is 8.29. The van der Waals surface area contributed by atoms with E-state index in [1.165, 1.54) is 11.1 Å². The van der Waals surface area contributed by atoms with Crippen LogP contribution in [0, 0.1) is 0 Å². The molecule has 3 aromatic rings.